The molecule has 158 valence electrons. The number of hydrogen-bond acceptors (Lipinski definition) is 6. The minimum Gasteiger partial charge on any atom is -0.353 e. The van der Waals surface area contributed by atoms with Crippen LogP contribution in [0.4, 0.5) is 5.82 Å². The first-order chi connectivity index (χ1) is 14.5. The van der Waals surface area contributed by atoms with E-state index in [1.165, 1.54) is 5.56 Å². The fourth-order valence-electron chi connectivity index (χ4n) is 4.65. The summed E-state index contributed by atoms with van der Waals surface area (Å²) < 4.78 is 0. The monoisotopic (exact) mass is 443 g/mol. The quantitative estimate of drug-likeness (QED) is 0.780. The van der Waals surface area contributed by atoms with Crippen molar-refractivity contribution in [1.82, 2.24) is 14.9 Å². The third kappa shape index (κ3) is 3.57. The maximum Gasteiger partial charge on any atom is 0.232 e. The second kappa shape index (κ2) is 7.70. The molecule has 2 aliphatic heterocycles. The Morgan fingerprint density at radius 3 is 2.73 bits per heavy atom. The molecule has 1 amide bonds. The maximum absolute atomic E-state index is 13.5. The zero-order valence-electron chi connectivity index (χ0n) is 17.1. The summed E-state index contributed by atoms with van der Waals surface area (Å²) in [4.78, 5) is 26.9. The van der Waals surface area contributed by atoms with Gasteiger partial charge in [-0.15, -0.1) is 11.8 Å². The standard InChI is InChI=1S/C22H26ClN5OS/c1-14-18-17(12-30-14)25-13-26-20(18)27-7-9-28(10-8-27)21(29)19(22(24)5-6-22)15-3-2-4-16(23)11-15/h2-4,11,13-14,19H,5-10,12,24H2,1H3/t14-,19?/m1/s1. The molecule has 2 fully saturated rings. The van der Waals surface area contributed by atoms with Crippen molar-refractivity contribution in [3.63, 3.8) is 0 Å². The zero-order valence-corrected chi connectivity index (χ0v) is 18.6. The molecule has 3 heterocycles. The number of halogens is 1. The van der Waals surface area contributed by atoms with Gasteiger partial charge < -0.3 is 15.5 Å². The van der Waals surface area contributed by atoms with E-state index in [0.29, 0.717) is 23.4 Å². The molecule has 1 saturated heterocycles. The van der Waals surface area contributed by atoms with Crippen molar-refractivity contribution in [1.29, 1.82) is 0 Å². The largest absolute Gasteiger partial charge is 0.353 e. The van der Waals surface area contributed by atoms with E-state index in [1.807, 2.05) is 40.9 Å². The van der Waals surface area contributed by atoms with Gasteiger partial charge in [0.15, 0.2) is 0 Å². The normalized spacial score (nSPS) is 23.2. The summed E-state index contributed by atoms with van der Waals surface area (Å²) in [5.74, 6) is 1.77. The number of anilines is 1. The molecule has 2 atom stereocenters. The maximum atomic E-state index is 13.5. The van der Waals surface area contributed by atoms with E-state index in [9.17, 15) is 4.79 Å². The molecule has 5 rings (SSSR count). The van der Waals surface area contributed by atoms with Gasteiger partial charge in [0.25, 0.3) is 0 Å². The Labute approximate surface area is 186 Å². The first-order valence-corrected chi connectivity index (χ1v) is 11.9. The summed E-state index contributed by atoms with van der Waals surface area (Å²) >= 11 is 8.11. The highest BCUT2D eigenvalue weighted by Crippen LogP contribution is 2.47. The fourth-order valence-corrected chi connectivity index (χ4v) is 5.90. The molecule has 1 unspecified atom stereocenters. The summed E-state index contributed by atoms with van der Waals surface area (Å²) in [6.07, 6.45) is 3.42. The average molecular weight is 444 g/mol. The molecule has 1 saturated carbocycles. The van der Waals surface area contributed by atoms with E-state index in [0.717, 1.165) is 48.8 Å². The molecule has 6 nitrogen and oxygen atoms in total. The smallest absolute Gasteiger partial charge is 0.232 e. The van der Waals surface area contributed by atoms with Gasteiger partial charge in [-0.3, -0.25) is 4.79 Å². The van der Waals surface area contributed by atoms with Crippen LogP contribution >= 0.6 is 23.4 Å². The number of rotatable bonds is 4. The topological polar surface area (TPSA) is 75.4 Å². The van der Waals surface area contributed by atoms with Crippen LogP contribution in [0.5, 0.6) is 0 Å². The van der Waals surface area contributed by atoms with Gasteiger partial charge in [-0.1, -0.05) is 23.7 Å². The van der Waals surface area contributed by atoms with E-state index in [1.54, 1.807) is 6.33 Å². The van der Waals surface area contributed by atoms with Crippen molar-refractivity contribution in [3.8, 4) is 0 Å². The molecule has 1 aliphatic carbocycles. The Balaban J connectivity index is 1.33. The Bertz CT molecular complexity index is 974. The van der Waals surface area contributed by atoms with Gasteiger partial charge in [0.1, 0.15) is 12.1 Å². The molecule has 1 aromatic heterocycles. The highest BCUT2D eigenvalue weighted by Gasteiger charge is 2.51. The molecular weight excluding hydrogens is 418 g/mol. The number of fused-ring (bicyclic) bond motifs is 1. The second-order valence-electron chi connectivity index (χ2n) is 8.54. The highest BCUT2D eigenvalue weighted by molar-refractivity contribution is 7.99. The number of amides is 1. The van der Waals surface area contributed by atoms with Crippen LogP contribution in [-0.4, -0.2) is 52.5 Å². The van der Waals surface area contributed by atoms with E-state index in [4.69, 9.17) is 17.3 Å². The fraction of sp³-hybridized carbons (Fsp3) is 0.500. The lowest BCUT2D eigenvalue weighted by molar-refractivity contribution is -0.133. The minimum absolute atomic E-state index is 0.119. The van der Waals surface area contributed by atoms with Crippen LogP contribution in [0.1, 0.15) is 47.8 Å². The minimum atomic E-state index is -0.445. The van der Waals surface area contributed by atoms with Crippen molar-refractivity contribution in [3.05, 3.63) is 52.4 Å². The molecular formula is C22H26ClN5OS. The lowest BCUT2D eigenvalue weighted by Crippen LogP contribution is -2.53. The lowest BCUT2D eigenvalue weighted by atomic mass is 9.88. The Kier molecular flexibility index (Phi) is 5.16. The van der Waals surface area contributed by atoms with Gasteiger partial charge in [-0.2, -0.15) is 0 Å². The first-order valence-electron chi connectivity index (χ1n) is 10.5. The molecule has 2 aromatic rings. The zero-order chi connectivity index (χ0) is 20.9. The van der Waals surface area contributed by atoms with Crippen LogP contribution in [-0.2, 0) is 10.5 Å². The number of carbonyl (C=O) groups excluding carboxylic acids is 1. The third-order valence-corrected chi connectivity index (χ3v) is 7.95. The van der Waals surface area contributed by atoms with Crippen LogP contribution in [0, 0.1) is 0 Å². The number of hydrogen-bond donors (Lipinski definition) is 1. The van der Waals surface area contributed by atoms with Crippen LogP contribution in [0.3, 0.4) is 0 Å². The summed E-state index contributed by atoms with van der Waals surface area (Å²) in [6.45, 7) is 5.10. The summed E-state index contributed by atoms with van der Waals surface area (Å²) in [6, 6.07) is 7.59. The Morgan fingerprint density at radius 2 is 2.03 bits per heavy atom. The molecule has 0 radical (unpaired) electrons. The molecule has 1 aromatic carbocycles. The number of nitrogens with zero attached hydrogens (tertiary/aromatic N) is 4. The Hall–Kier alpha value is -1.83. The summed E-state index contributed by atoms with van der Waals surface area (Å²) in [5, 5.41) is 1.05. The van der Waals surface area contributed by atoms with Crippen LogP contribution in [0.25, 0.3) is 0 Å². The van der Waals surface area contributed by atoms with E-state index >= 15 is 0 Å². The van der Waals surface area contributed by atoms with Crippen LogP contribution in [0.15, 0.2) is 30.6 Å². The van der Waals surface area contributed by atoms with Crippen LogP contribution in [0.2, 0.25) is 5.02 Å². The SMILES string of the molecule is C[C@H]1SCc2ncnc(N3CCN(C(=O)C(c4cccc(Cl)c4)C4(N)CC4)CC3)c21. The number of benzene rings is 1. The summed E-state index contributed by atoms with van der Waals surface area (Å²) in [5.41, 5.74) is 9.45. The predicted molar refractivity (Wildman–Crippen MR) is 121 cm³/mol. The number of thioether (sulfide) groups is 1. The van der Waals surface area contributed by atoms with Gasteiger partial charge in [0.2, 0.25) is 5.91 Å². The molecule has 3 aliphatic rings. The third-order valence-electron chi connectivity index (χ3n) is 6.54. The first kappa shape index (κ1) is 20.1. The van der Waals surface area contributed by atoms with E-state index in [-0.39, 0.29) is 11.8 Å². The van der Waals surface area contributed by atoms with Gasteiger partial charge in [0.05, 0.1) is 11.6 Å². The molecule has 8 heteroatoms. The molecule has 2 N–H and O–H groups in total. The number of aromatic nitrogens is 2. The average Bonchev–Trinajstić information content (AvgIpc) is 3.37. The van der Waals surface area contributed by atoms with Gasteiger partial charge in [-0.25, -0.2) is 9.97 Å². The number of piperazine rings is 1. The van der Waals surface area contributed by atoms with Crippen molar-refractivity contribution >= 4 is 35.1 Å². The van der Waals surface area contributed by atoms with Gasteiger partial charge >= 0.3 is 0 Å². The highest BCUT2D eigenvalue weighted by atomic mass is 35.5. The van der Waals surface area contributed by atoms with Crippen molar-refractivity contribution in [2.24, 2.45) is 5.73 Å². The summed E-state index contributed by atoms with van der Waals surface area (Å²) in [7, 11) is 0. The van der Waals surface area contributed by atoms with Gasteiger partial charge in [-0.05, 0) is 37.5 Å². The predicted octanol–water partition coefficient (Wildman–Crippen LogP) is 3.36. The molecule has 0 bridgehead atoms. The Morgan fingerprint density at radius 1 is 1.27 bits per heavy atom. The molecule has 0 spiro atoms. The van der Waals surface area contributed by atoms with Gasteiger partial charge in [0, 0.05) is 53.3 Å². The number of nitrogens with two attached hydrogens (primary N) is 1. The lowest BCUT2D eigenvalue weighted by Gasteiger charge is -2.38. The molecule has 30 heavy (non-hydrogen) atoms. The van der Waals surface area contributed by atoms with E-state index < -0.39 is 5.54 Å². The van der Waals surface area contributed by atoms with Crippen molar-refractivity contribution in [2.75, 3.05) is 31.1 Å². The van der Waals surface area contributed by atoms with Crippen molar-refractivity contribution in [2.45, 2.75) is 42.2 Å². The van der Waals surface area contributed by atoms with Crippen LogP contribution < -0.4 is 10.6 Å². The second-order valence-corrected chi connectivity index (χ2v) is 10.3. The van der Waals surface area contributed by atoms with E-state index in [2.05, 4.69) is 21.8 Å². The number of carbonyl (C=O) groups is 1. The van der Waals surface area contributed by atoms with Crippen molar-refractivity contribution < 1.29 is 4.79 Å².